The van der Waals surface area contributed by atoms with Crippen LogP contribution in [0.3, 0.4) is 0 Å². The summed E-state index contributed by atoms with van der Waals surface area (Å²) in [4.78, 5) is 0. The second-order valence-corrected chi connectivity index (χ2v) is 14.0. The number of para-hydroxylation sites is 2. The zero-order valence-corrected chi connectivity index (χ0v) is 26.4. The Bertz CT molecular complexity index is 2530. The van der Waals surface area contributed by atoms with E-state index in [-0.39, 0.29) is 34.9 Å². The normalized spacial score (nSPS) is 13.5. The van der Waals surface area contributed by atoms with Gasteiger partial charge in [-0.3, -0.25) is 0 Å². The smallest absolute Gasteiger partial charge is 0.374 e. The first-order valence-electron chi connectivity index (χ1n) is 14.4. The van der Waals surface area contributed by atoms with Crippen LogP contribution in [0.4, 0.5) is 26.3 Å². The molecular formula is C32H22F6N2O6S2. The van der Waals surface area contributed by atoms with Gasteiger partial charge in [0.1, 0.15) is 0 Å². The fraction of sp³-hybridized carbons (Fsp3) is 0.188. The van der Waals surface area contributed by atoms with E-state index in [0.29, 0.717) is 43.4 Å². The molecule has 0 unspecified atom stereocenters. The monoisotopic (exact) mass is 708 g/mol. The molecule has 7 rings (SSSR count). The highest BCUT2D eigenvalue weighted by Gasteiger charge is 2.50. The highest BCUT2D eigenvalue weighted by Crippen LogP contribution is 2.49. The Morgan fingerprint density at radius 3 is 1.25 bits per heavy atom. The van der Waals surface area contributed by atoms with Crippen molar-refractivity contribution in [1.29, 1.82) is 0 Å². The third kappa shape index (κ3) is 4.48. The van der Waals surface area contributed by atoms with Gasteiger partial charge in [-0.05, 0) is 48.9 Å². The molecule has 48 heavy (non-hydrogen) atoms. The van der Waals surface area contributed by atoms with Crippen LogP contribution >= 0.6 is 0 Å². The number of hydrogen-bond donors (Lipinski definition) is 0. The fourth-order valence-electron chi connectivity index (χ4n) is 6.57. The minimum Gasteiger partial charge on any atom is -0.374 e. The number of hydrogen-bond acceptors (Lipinski definition) is 6. The summed E-state index contributed by atoms with van der Waals surface area (Å²) in [5.41, 5.74) is -10.3. The van der Waals surface area contributed by atoms with E-state index in [0.717, 1.165) is 0 Å². The predicted molar refractivity (Wildman–Crippen MR) is 170 cm³/mol. The molecule has 0 aliphatic rings. The van der Waals surface area contributed by atoms with Crippen LogP contribution in [0, 0.1) is 0 Å². The summed E-state index contributed by atoms with van der Waals surface area (Å²) in [6, 6.07) is 18.9. The number of aryl methyl sites for hydroxylation is 2. The molecule has 5 aromatic carbocycles. The molecule has 0 saturated carbocycles. The third-order valence-electron chi connectivity index (χ3n) is 8.35. The largest absolute Gasteiger partial charge is 0.534 e. The fourth-order valence-corrected chi connectivity index (χ4v) is 7.49. The zero-order valence-electron chi connectivity index (χ0n) is 24.8. The van der Waals surface area contributed by atoms with Gasteiger partial charge in [0.2, 0.25) is 0 Å². The molecule has 16 heteroatoms. The first-order chi connectivity index (χ1) is 22.5. The van der Waals surface area contributed by atoms with Crippen LogP contribution in [0.2, 0.25) is 0 Å². The van der Waals surface area contributed by atoms with Gasteiger partial charge in [-0.1, -0.05) is 48.5 Å². The summed E-state index contributed by atoms with van der Waals surface area (Å²) < 4.78 is 143. The summed E-state index contributed by atoms with van der Waals surface area (Å²) in [5, 5.41) is 3.10. The van der Waals surface area contributed by atoms with E-state index in [4.69, 9.17) is 8.37 Å². The van der Waals surface area contributed by atoms with E-state index in [1.165, 1.54) is 24.3 Å². The van der Waals surface area contributed by atoms with Gasteiger partial charge in [-0.15, -0.1) is 0 Å². The Morgan fingerprint density at radius 2 is 0.917 bits per heavy atom. The summed E-state index contributed by atoms with van der Waals surface area (Å²) in [5.74, 6) is -1.15. The molecular weight excluding hydrogens is 686 g/mol. The van der Waals surface area contributed by atoms with E-state index in [1.54, 1.807) is 71.5 Å². The van der Waals surface area contributed by atoms with Gasteiger partial charge >= 0.3 is 31.3 Å². The summed E-state index contributed by atoms with van der Waals surface area (Å²) in [6.45, 7) is 3.83. The molecule has 2 aromatic heterocycles. The van der Waals surface area contributed by atoms with Crippen LogP contribution in [0.25, 0.3) is 65.2 Å². The zero-order chi connectivity index (χ0) is 34.6. The lowest BCUT2D eigenvalue weighted by atomic mass is 9.93. The second-order valence-electron chi connectivity index (χ2n) is 10.9. The van der Waals surface area contributed by atoms with Crippen molar-refractivity contribution in [1.82, 2.24) is 9.13 Å². The number of rotatable bonds is 6. The molecule has 0 bridgehead atoms. The van der Waals surface area contributed by atoms with Gasteiger partial charge in [0, 0.05) is 56.4 Å². The van der Waals surface area contributed by atoms with Gasteiger partial charge in [0.05, 0.1) is 11.0 Å². The molecule has 0 fully saturated rings. The number of benzene rings is 5. The van der Waals surface area contributed by atoms with E-state index in [2.05, 4.69) is 0 Å². The lowest BCUT2D eigenvalue weighted by molar-refractivity contribution is -0.0504. The maximum absolute atomic E-state index is 13.6. The lowest BCUT2D eigenvalue weighted by Gasteiger charge is -2.17. The SMILES string of the molecule is CCn1c2ccccc2c2c3c(ccc4cc(OS(=O)(=O)C(F)(F)F)c5c(c6ccccc6n5CC)c43)cc(OS(=O)(=O)C(F)(F)F)c21. The number of alkyl halides is 6. The van der Waals surface area contributed by atoms with Crippen molar-refractivity contribution in [2.75, 3.05) is 0 Å². The molecule has 2 heterocycles. The summed E-state index contributed by atoms with van der Waals surface area (Å²) >= 11 is 0. The minimum absolute atomic E-state index is 0.0406. The van der Waals surface area contributed by atoms with Crippen LogP contribution in [0.15, 0.2) is 72.8 Å². The third-order valence-corrected chi connectivity index (χ3v) is 10.3. The van der Waals surface area contributed by atoms with Crippen molar-refractivity contribution >= 4 is 85.4 Å². The molecule has 0 spiro atoms. The Balaban J connectivity index is 1.75. The quantitative estimate of drug-likeness (QED) is 0.0743. The van der Waals surface area contributed by atoms with Crippen molar-refractivity contribution in [2.45, 2.75) is 38.0 Å². The average Bonchev–Trinajstić information content (AvgIpc) is 3.53. The topological polar surface area (TPSA) is 96.6 Å². The molecule has 0 atom stereocenters. The Morgan fingerprint density at radius 1 is 0.562 bits per heavy atom. The molecule has 250 valence electrons. The van der Waals surface area contributed by atoms with Crippen LogP contribution < -0.4 is 8.37 Å². The van der Waals surface area contributed by atoms with Crippen molar-refractivity contribution in [3.05, 3.63) is 72.8 Å². The van der Waals surface area contributed by atoms with Crippen LogP contribution in [-0.2, 0) is 33.3 Å². The molecule has 0 aliphatic carbocycles. The van der Waals surface area contributed by atoms with Crippen LogP contribution in [0.1, 0.15) is 13.8 Å². The first-order valence-corrected chi connectivity index (χ1v) is 17.2. The second kappa shape index (κ2) is 10.4. The van der Waals surface area contributed by atoms with Gasteiger partial charge in [0.15, 0.2) is 11.5 Å². The Labute approximate surface area is 267 Å². The molecule has 7 aromatic rings. The standard InChI is InChI=1S/C32H22F6N2O6S2/c1-3-39-21-11-7-5-9-19(21)27-25-17(15-23(29(27)39)45-47(41,42)31(33,34)35)13-14-18-16-24(46-48(43,44)32(36,37)38)30-28(26(18)25)20-10-6-8-12-22(20)40(30)4-2/h5-16H,3-4H2,1-2H3. The summed E-state index contributed by atoms with van der Waals surface area (Å²) in [7, 11) is -12.2. The number of fused-ring (bicyclic) bond motifs is 11. The molecule has 0 N–H and O–H groups in total. The van der Waals surface area contributed by atoms with Crippen molar-refractivity contribution in [3.8, 4) is 11.5 Å². The van der Waals surface area contributed by atoms with Gasteiger partial charge in [0.25, 0.3) is 0 Å². The Kier molecular flexibility index (Phi) is 6.91. The van der Waals surface area contributed by atoms with Crippen LogP contribution in [-0.4, -0.2) is 37.0 Å². The molecule has 0 amide bonds. The maximum atomic E-state index is 13.6. The molecule has 0 saturated heterocycles. The van der Waals surface area contributed by atoms with Gasteiger partial charge in [-0.2, -0.15) is 43.2 Å². The molecule has 8 nitrogen and oxygen atoms in total. The van der Waals surface area contributed by atoms with Crippen molar-refractivity contribution < 1.29 is 51.5 Å². The average molecular weight is 709 g/mol. The minimum atomic E-state index is -6.10. The number of halogens is 6. The number of aromatic nitrogens is 2. The van der Waals surface area contributed by atoms with Crippen molar-refractivity contribution in [2.24, 2.45) is 0 Å². The maximum Gasteiger partial charge on any atom is 0.534 e. The molecule has 0 radical (unpaired) electrons. The van der Waals surface area contributed by atoms with E-state index in [1.807, 2.05) is 0 Å². The lowest BCUT2D eigenvalue weighted by Crippen LogP contribution is -2.28. The Hall–Kier alpha value is -4.70. The molecule has 0 aliphatic heterocycles. The van der Waals surface area contributed by atoms with Crippen molar-refractivity contribution in [3.63, 3.8) is 0 Å². The highest BCUT2D eigenvalue weighted by atomic mass is 32.2. The van der Waals surface area contributed by atoms with Crippen LogP contribution in [0.5, 0.6) is 11.5 Å². The first kappa shape index (κ1) is 31.9. The van der Waals surface area contributed by atoms with Gasteiger partial charge in [-0.25, -0.2) is 0 Å². The van der Waals surface area contributed by atoms with E-state index >= 15 is 0 Å². The summed E-state index contributed by atoms with van der Waals surface area (Å²) in [6.07, 6.45) is 0. The van der Waals surface area contributed by atoms with Gasteiger partial charge < -0.3 is 17.5 Å². The van der Waals surface area contributed by atoms with E-state index in [9.17, 15) is 43.2 Å². The van der Waals surface area contributed by atoms with E-state index < -0.39 is 42.8 Å². The highest BCUT2D eigenvalue weighted by molar-refractivity contribution is 7.88. The predicted octanol–water partition coefficient (Wildman–Crippen LogP) is 8.71. The number of nitrogens with zero attached hydrogens (tertiary/aromatic N) is 2.